The molecule has 0 saturated carbocycles. The van der Waals surface area contributed by atoms with Crippen LogP contribution in [0.5, 0.6) is 0 Å². The van der Waals surface area contributed by atoms with Gasteiger partial charge < -0.3 is 10.6 Å². The lowest BCUT2D eigenvalue weighted by Crippen LogP contribution is -2.32. The van der Waals surface area contributed by atoms with E-state index in [4.69, 9.17) is 5.73 Å². The van der Waals surface area contributed by atoms with Gasteiger partial charge in [0.15, 0.2) is 0 Å². The van der Waals surface area contributed by atoms with Gasteiger partial charge in [-0.15, -0.1) is 0 Å². The van der Waals surface area contributed by atoms with Crippen molar-refractivity contribution < 1.29 is 13.6 Å². The number of carbonyl (C=O) groups excluding carboxylic acids is 1. The van der Waals surface area contributed by atoms with E-state index in [1.54, 1.807) is 4.90 Å². The Balaban J connectivity index is 2.03. The first-order valence-electron chi connectivity index (χ1n) is 5.53. The highest BCUT2D eigenvalue weighted by atomic mass is 19.1. The molecule has 2 rings (SSSR count). The summed E-state index contributed by atoms with van der Waals surface area (Å²) in [6.45, 7) is 1.15. The summed E-state index contributed by atoms with van der Waals surface area (Å²) < 4.78 is 25.9. The summed E-state index contributed by atoms with van der Waals surface area (Å²) >= 11 is 0. The van der Waals surface area contributed by atoms with Crippen LogP contribution in [0.4, 0.5) is 8.78 Å². The molecule has 1 fully saturated rings. The topological polar surface area (TPSA) is 46.3 Å². The number of carbonyl (C=O) groups is 1. The Bertz CT molecular complexity index is 416. The maximum atomic E-state index is 12.9. The molecule has 0 aromatic heterocycles. The van der Waals surface area contributed by atoms with Crippen LogP contribution in [0.25, 0.3) is 0 Å². The zero-order valence-corrected chi connectivity index (χ0v) is 9.33. The summed E-state index contributed by atoms with van der Waals surface area (Å²) in [6.07, 6.45) is 0.796. The molecule has 1 saturated heterocycles. The summed E-state index contributed by atoms with van der Waals surface area (Å²) in [5, 5.41) is 0. The fourth-order valence-corrected chi connectivity index (χ4v) is 2.01. The molecule has 0 aliphatic carbocycles. The van der Waals surface area contributed by atoms with Crippen LogP contribution in [0.15, 0.2) is 18.2 Å². The highest BCUT2D eigenvalue weighted by molar-refractivity contribution is 5.79. The first kappa shape index (κ1) is 12.0. The quantitative estimate of drug-likeness (QED) is 0.840. The smallest absolute Gasteiger partial charge is 0.227 e. The fourth-order valence-electron chi connectivity index (χ4n) is 2.01. The van der Waals surface area contributed by atoms with Gasteiger partial charge in [0.05, 0.1) is 6.42 Å². The predicted molar refractivity (Wildman–Crippen MR) is 59.2 cm³/mol. The number of likely N-dealkylation sites (tertiary alicyclic amines) is 1. The lowest BCUT2D eigenvalue weighted by Gasteiger charge is -2.15. The van der Waals surface area contributed by atoms with Crippen LogP contribution < -0.4 is 5.73 Å². The third-order valence-corrected chi connectivity index (χ3v) is 2.86. The number of hydrogen-bond donors (Lipinski definition) is 1. The lowest BCUT2D eigenvalue weighted by atomic mass is 10.1. The second-order valence-corrected chi connectivity index (χ2v) is 4.34. The van der Waals surface area contributed by atoms with Gasteiger partial charge in [-0.1, -0.05) is 0 Å². The Morgan fingerprint density at radius 3 is 2.53 bits per heavy atom. The molecule has 1 aliphatic heterocycles. The highest BCUT2D eigenvalue weighted by Gasteiger charge is 2.23. The van der Waals surface area contributed by atoms with Gasteiger partial charge in [0.25, 0.3) is 0 Å². The molecule has 0 radical (unpaired) electrons. The molecule has 0 bridgehead atoms. The van der Waals surface area contributed by atoms with Gasteiger partial charge in [-0.3, -0.25) is 4.79 Å². The Hall–Kier alpha value is -1.49. The highest BCUT2D eigenvalue weighted by Crippen LogP contribution is 2.12. The molecule has 3 nitrogen and oxygen atoms in total. The molecular weight excluding hydrogens is 226 g/mol. The average molecular weight is 240 g/mol. The van der Waals surface area contributed by atoms with Crippen LogP contribution in [0, 0.1) is 11.6 Å². The first-order valence-corrected chi connectivity index (χ1v) is 5.53. The van der Waals surface area contributed by atoms with Crippen molar-refractivity contribution in [3.8, 4) is 0 Å². The molecule has 5 heteroatoms. The van der Waals surface area contributed by atoms with Gasteiger partial charge in [-0.25, -0.2) is 8.78 Å². The van der Waals surface area contributed by atoms with Crippen LogP contribution in [0.3, 0.4) is 0 Å². The van der Waals surface area contributed by atoms with Crippen molar-refractivity contribution in [2.45, 2.75) is 18.9 Å². The Kier molecular flexibility index (Phi) is 3.38. The average Bonchev–Trinajstić information content (AvgIpc) is 2.63. The van der Waals surface area contributed by atoms with E-state index in [0.29, 0.717) is 18.7 Å². The zero-order valence-electron chi connectivity index (χ0n) is 9.33. The SMILES string of the molecule is N[C@@H]1CCN(C(=O)Cc2cc(F)cc(F)c2)C1. The zero-order chi connectivity index (χ0) is 12.4. The standard InChI is InChI=1S/C12H14F2N2O/c13-9-3-8(4-10(14)6-9)5-12(17)16-2-1-11(15)7-16/h3-4,6,11H,1-2,5,7,15H2/t11-/m1/s1. The summed E-state index contributed by atoms with van der Waals surface area (Å²) in [6, 6.07) is 3.16. The van der Waals surface area contributed by atoms with Gasteiger partial charge in [0.1, 0.15) is 11.6 Å². The van der Waals surface area contributed by atoms with Crippen molar-refractivity contribution in [3.05, 3.63) is 35.4 Å². The molecule has 1 atom stereocenters. The number of nitrogens with two attached hydrogens (primary N) is 1. The third-order valence-electron chi connectivity index (χ3n) is 2.86. The minimum atomic E-state index is -0.661. The third kappa shape index (κ3) is 3.00. The van der Waals surface area contributed by atoms with Crippen molar-refractivity contribution in [2.24, 2.45) is 5.73 Å². The number of benzene rings is 1. The molecular formula is C12H14F2N2O. The normalized spacial score (nSPS) is 19.7. The largest absolute Gasteiger partial charge is 0.341 e. The number of rotatable bonds is 2. The lowest BCUT2D eigenvalue weighted by molar-refractivity contribution is -0.129. The van der Waals surface area contributed by atoms with Crippen LogP contribution in [0.1, 0.15) is 12.0 Å². The van der Waals surface area contributed by atoms with E-state index in [9.17, 15) is 13.6 Å². The van der Waals surface area contributed by atoms with Gasteiger partial charge in [-0.05, 0) is 24.1 Å². The van der Waals surface area contributed by atoms with Gasteiger partial charge >= 0.3 is 0 Å². The first-order chi connectivity index (χ1) is 8.04. The van der Waals surface area contributed by atoms with Crippen molar-refractivity contribution in [1.82, 2.24) is 4.90 Å². The second-order valence-electron chi connectivity index (χ2n) is 4.34. The van der Waals surface area contributed by atoms with E-state index >= 15 is 0 Å². The molecule has 17 heavy (non-hydrogen) atoms. The molecule has 0 unspecified atom stereocenters. The van der Waals surface area contributed by atoms with Crippen molar-refractivity contribution >= 4 is 5.91 Å². The summed E-state index contributed by atoms with van der Waals surface area (Å²) in [4.78, 5) is 13.4. The molecule has 92 valence electrons. The minimum absolute atomic E-state index is 0.0153. The molecule has 1 aliphatic rings. The van der Waals surface area contributed by atoms with Gasteiger partial charge in [0, 0.05) is 25.2 Å². The van der Waals surface area contributed by atoms with Crippen molar-refractivity contribution in [3.63, 3.8) is 0 Å². The second kappa shape index (κ2) is 4.79. The van der Waals surface area contributed by atoms with E-state index in [-0.39, 0.29) is 18.4 Å². The van der Waals surface area contributed by atoms with Crippen LogP contribution in [-0.4, -0.2) is 29.9 Å². The van der Waals surface area contributed by atoms with Gasteiger partial charge in [0.2, 0.25) is 5.91 Å². The Morgan fingerprint density at radius 1 is 1.35 bits per heavy atom. The van der Waals surface area contributed by atoms with E-state index in [2.05, 4.69) is 0 Å². The molecule has 1 aromatic carbocycles. The van der Waals surface area contributed by atoms with E-state index in [0.717, 1.165) is 12.5 Å². The van der Waals surface area contributed by atoms with E-state index in [1.807, 2.05) is 0 Å². The number of halogens is 2. The van der Waals surface area contributed by atoms with Crippen LogP contribution in [0.2, 0.25) is 0 Å². The maximum absolute atomic E-state index is 12.9. The molecule has 1 heterocycles. The molecule has 2 N–H and O–H groups in total. The predicted octanol–water partition coefficient (Wildman–Crippen LogP) is 1.07. The van der Waals surface area contributed by atoms with Gasteiger partial charge in [-0.2, -0.15) is 0 Å². The van der Waals surface area contributed by atoms with E-state index in [1.165, 1.54) is 12.1 Å². The number of amides is 1. The molecule has 1 amide bonds. The fraction of sp³-hybridized carbons (Fsp3) is 0.417. The van der Waals surface area contributed by atoms with Crippen LogP contribution >= 0.6 is 0 Å². The Morgan fingerprint density at radius 2 is 2.00 bits per heavy atom. The maximum Gasteiger partial charge on any atom is 0.227 e. The monoisotopic (exact) mass is 240 g/mol. The minimum Gasteiger partial charge on any atom is -0.341 e. The number of hydrogen-bond acceptors (Lipinski definition) is 2. The summed E-state index contributed by atoms with van der Waals surface area (Å²) in [7, 11) is 0. The summed E-state index contributed by atoms with van der Waals surface area (Å²) in [5.74, 6) is -1.46. The number of nitrogens with zero attached hydrogens (tertiary/aromatic N) is 1. The van der Waals surface area contributed by atoms with Crippen molar-refractivity contribution in [2.75, 3.05) is 13.1 Å². The van der Waals surface area contributed by atoms with Crippen molar-refractivity contribution in [1.29, 1.82) is 0 Å². The molecule has 1 aromatic rings. The Labute approximate surface area is 98.2 Å². The molecule has 0 spiro atoms. The van der Waals surface area contributed by atoms with Crippen LogP contribution in [-0.2, 0) is 11.2 Å². The summed E-state index contributed by atoms with van der Waals surface area (Å²) in [5.41, 5.74) is 6.05. The van der Waals surface area contributed by atoms with E-state index < -0.39 is 11.6 Å².